The highest BCUT2D eigenvalue weighted by molar-refractivity contribution is 9.10. The quantitative estimate of drug-likeness (QED) is 0.751. The summed E-state index contributed by atoms with van der Waals surface area (Å²) in [7, 11) is 0. The van der Waals surface area contributed by atoms with E-state index in [1.54, 1.807) is 11.0 Å². The molecule has 21 heavy (non-hydrogen) atoms. The molecule has 0 amide bonds. The van der Waals surface area contributed by atoms with Gasteiger partial charge in [0.15, 0.2) is 0 Å². The number of para-hydroxylation sites is 1. The SMILES string of the molecule is Clc1cccc(NCc2cnn(-c3ccccc3)n2)c1Br. The molecule has 0 bridgehead atoms. The van der Waals surface area contributed by atoms with Crippen LogP contribution in [0.4, 0.5) is 5.69 Å². The largest absolute Gasteiger partial charge is 0.378 e. The lowest BCUT2D eigenvalue weighted by Crippen LogP contribution is -2.03. The highest BCUT2D eigenvalue weighted by atomic mass is 79.9. The average molecular weight is 364 g/mol. The third-order valence-electron chi connectivity index (χ3n) is 2.94. The number of nitrogens with one attached hydrogen (secondary N) is 1. The van der Waals surface area contributed by atoms with Gasteiger partial charge in [0.25, 0.3) is 0 Å². The molecule has 0 saturated heterocycles. The molecule has 0 atom stereocenters. The maximum absolute atomic E-state index is 6.06. The number of hydrogen-bond acceptors (Lipinski definition) is 3. The molecule has 0 spiro atoms. The molecule has 2 aromatic carbocycles. The van der Waals surface area contributed by atoms with Crippen molar-refractivity contribution >= 4 is 33.2 Å². The Bertz CT molecular complexity index is 742. The van der Waals surface area contributed by atoms with Crippen molar-refractivity contribution in [2.75, 3.05) is 5.32 Å². The first-order valence-electron chi connectivity index (χ1n) is 6.38. The number of hydrogen-bond donors (Lipinski definition) is 1. The van der Waals surface area contributed by atoms with E-state index < -0.39 is 0 Å². The predicted octanol–water partition coefficient (Wildman–Crippen LogP) is 4.30. The predicted molar refractivity (Wildman–Crippen MR) is 87.8 cm³/mol. The summed E-state index contributed by atoms with van der Waals surface area (Å²) in [4.78, 5) is 1.62. The van der Waals surface area contributed by atoms with Gasteiger partial charge in [-0.1, -0.05) is 35.9 Å². The zero-order valence-corrected chi connectivity index (χ0v) is 13.3. The van der Waals surface area contributed by atoms with Crippen LogP contribution in [0.3, 0.4) is 0 Å². The minimum atomic E-state index is 0.575. The molecule has 0 fully saturated rings. The van der Waals surface area contributed by atoms with Crippen LogP contribution >= 0.6 is 27.5 Å². The number of nitrogens with zero attached hydrogens (tertiary/aromatic N) is 3. The minimum Gasteiger partial charge on any atom is -0.378 e. The van der Waals surface area contributed by atoms with Crippen molar-refractivity contribution in [1.82, 2.24) is 15.0 Å². The van der Waals surface area contributed by atoms with Crippen molar-refractivity contribution in [3.8, 4) is 5.69 Å². The van der Waals surface area contributed by atoms with Crippen molar-refractivity contribution < 1.29 is 0 Å². The van der Waals surface area contributed by atoms with Crippen LogP contribution in [0.5, 0.6) is 0 Å². The van der Waals surface area contributed by atoms with E-state index in [-0.39, 0.29) is 0 Å². The topological polar surface area (TPSA) is 42.7 Å². The molecule has 0 aliphatic heterocycles. The van der Waals surface area contributed by atoms with Crippen LogP contribution in [0.2, 0.25) is 5.02 Å². The lowest BCUT2D eigenvalue weighted by Gasteiger charge is -2.07. The van der Waals surface area contributed by atoms with Gasteiger partial charge in [-0.3, -0.25) is 0 Å². The highest BCUT2D eigenvalue weighted by Gasteiger charge is 2.06. The number of benzene rings is 2. The van der Waals surface area contributed by atoms with E-state index in [9.17, 15) is 0 Å². The molecule has 3 rings (SSSR count). The fourth-order valence-corrected chi connectivity index (χ4v) is 2.47. The first-order chi connectivity index (χ1) is 10.2. The second-order valence-electron chi connectivity index (χ2n) is 4.42. The van der Waals surface area contributed by atoms with Crippen LogP contribution in [0.1, 0.15) is 5.69 Å². The molecule has 1 aromatic heterocycles. The summed E-state index contributed by atoms with van der Waals surface area (Å²) in [6.07, 6.45) is 1.75. The molecule has 6 heteroatoms. The van der Waals surface area contributed by atoms with Crippen molar-refractivity contribution in [3.63, 3.8) is 0 Å². The average Bonchev–Trinajstić information content (AvgIpc) is 2.99. The Morgan fingerprint density at radius 3 is 2.71 bits per heavy atom. The second kappa shape index (κ2) is 6.28. The third-order valence-corrected chi connectivity index (χ3v) is 4.34. The maximum atomic E-state index is 6.06. The molecule has 4 nitrogen and oxygen atoms in total. The van der Waals surface area contributed by atoms with Gasteiger partial charge in [0.2, 0.25) is 0 Å². The summed E-state index contributed by atoms with van der Waals surface area (Å²) < 4.78 is 0.849. The van der Waals surface area contributed by atoms with Crippen LogP contribution in [0, 0.1) is 0 Å². The van der Waals surface area contributed by atoms with Crippen molar-refractivity contribution in [2.24, 2.45) is 0 Å². The Labute approximate surface area is 135 Å². The lowest BCUT2D eigenvalue weighted by molar-refractivity contribution is 0.740. The van der Waals surface area contributed by atoms with Gasteiger partial charge in [-0.15, -0.1) is 0 Å². The fraction of sp³-hybridized carbons (Fsp3) is 0.0667. The summed E-state index contributed by atoms with van der Waals surface area (Å²) in [6, 6.07) is 15.5. The molecular formula is C15H12BrClN4. The van der Waals surface area contributed by atoms with Gasteiger partial charge >= 0.3 is 0 Å². The normalized spacial score (nSPS) is 10.6. The van der Waals surface area contributed by atoms with Gasteiger partial charge in [-0.2, -0.15) is 15.0 Å². The Balaban J connectivity index is 1.72. The maximum Gasteiger partial charge on any atom is 0.102 e. The van der Waals surface area contributed by atoms with E-state index in [1.807, 2.05) is 48.5 Å². The van der Waals surface area contributed by atoms with Crippen molar-refractivity contribution in [1.29, 1.82) is 0 Å². The monoisotopic (exact) mass is 362 g/mol. The minimum absolute atomic E-state index is 0.575. The summed E-state index contributed by atoms with van der Waals surface area (Å²) in [5, 5.41) is 12.7. The van der Waals surface area contributed by atoms with Gasteiger partial charge in [0.1, 0.15) is 5.69 Å². The molecule has 3 aromatic rings. The zero-order valence-electron chi connectivity index (χ0n) is 11.0. The van der Waals surface area contributed by atoms with Gasteiger partial charge in [0, 0.05) is 0 Å². The van der Waals surface area contributed by atoms with Gasteiger partial charge in [0.05, 0.1) is 33.6 Å². The molecular weight excluding hydrogens is 352 g/mol. The Morgan fingerprint density at radius 2 is 1.90 bits per heavy atom. The van der Waals surface area contributed by atoms with Gasteiger partial charge in [-0.05, 0) is 40.2 Å². The molecule has 0 unspecified atom stereocenters. The zero-order chi connectivity index (χ0) is 14.7. The van der Waals surface area contributed by atoms with Crippen LogP contribution in [0.15, 0.2) is 59.2 Å². The summed E-state index contributed by atoms with van der Waals surface area (Å²) in [6.45, 7) is 0.575. The molecule has 1 N–H and O–H groups in total. The summed E-state index contributed by atoms with van der Waals surface area (Å²) in [5.74, 6) is 0. The van der Waals surface area contributed by atoms with Crippen molar-refractivity contribution in [3.05, 3.63) is 69.9 Å². The number of halogens is 2. The first kappa shape index (κ1) is 14.1. The van der Waals surface area contributed by atoms with E-state index >= 15 is 0 Å². The first-order valence-corrected chi connectivity index (χ1v) is 7.55. The summed E-state index contributed by atoms with van der Waals surface area (Å²) in [5.41, 5.74) is 2.72. The molecule has 106 valence electrons. The highest BCUT2D eigenvalue weighted by Crippen LogP contribution is 2.30. The molecule has 0 aliphatic carbocycles. The van der Waals surface area contributed by atoms with Crippen LogP contribution in [-0.2, 0) is 6.54 Å². The number of aromatic nitrogens is 3. The van der Waals surface area contributed by atoms with E-state index in [0.717, 1.165) is 21.5 Å². The molecule has 0 aliphatic rings. The van der Waals surface area contributed by atoms with E-state index in [1.165, 1.54) is 0 Å². The summed E-state index contributed by atoms with van der Waals surface area (Å²) >= 11 is 9.52. The number of anilines is 1. The fourth-order valence-electron chi connectivity index (χ4n) is 1.89. The second-order valence-corrected chi connectivity index (χ2v) is 5.62. The molecule has 0 radical (unpaired) electrons. The standard InChI is InChI=1S/C15H12BrClN4/c16-15-13(17)7-4-8-14(15)18-9-11-10-19-21(20-11)12-5-2-1-3-6-12/h1-8,10,18H,9H2. The third kappa shape index (κ3) is 3.25. The molecule has 1 heterocycles. The number of rotatable bonds is 4. The van der Waals surface area contributed by atoms with Gasteiger partial charge in [-0.25, -0.2) is 0 Å². The van der Waals surface area contributed by atoms with Crippen molar-refractivity contribution in [2.45, 2.75) is 6.54 Å². The lowest BCUT2D eigenvalue weighted by atomic mass is 10.3. The Hall–Kier alpha value is -1.85. The van der Waals surface area contributed by atoms with Crippen LogP contribution < -0.4 is 5.32 Å². The van der Waals surface area contributed by atoms with Gasteiger partial charge < -0.3 is 5.32 Å². The Morgan fingerprint density at radius 1 is 1.10 bits per heavy atom. The smallest absolute Gasteiger partial charge is 0.102 e. The molecule has 0 saturated carbocycles. The van der Waals surface area contributed by atoms with Crippen LogP contribution in [-0.4, -0.2) is 15.0 Å². The van der Waals surface area contributed by atoms with E-state index in [2.05, 4.69) is 31.4 Å². The van der Waals surface area contributed by atoms with E-state index in [0.29, 0.717) is 11.6 Å². The Kier molecular flexibility index (Phi) is 4.22. The van der Waals surface area contributed by atoms with E-state index in [4.69, 9.17) is 11.6 Å². The van der Waals surface area contributed by atoms with Crippen LogP contribution in [0.25, 0.3) is 5.69 Å².